The smallest absolute Gasteiger partial charge is 0.117 e. The fourth-order valence-electron chi connectivity index (χ4n) is 8.77. The van der Waals surface area contributed by atoms with Crippen molar-refractivity contribution in [3.63, 3.8) is 0 Å². The van der Waals surface area contributed by atoms with Crippen LogP contribution in [0.1, 0.15) is 114 Å². The van der Waals surface area contributed by atoms with Crippen molar-refractivity contribution in [1.29, 1.82) is 0 Å². The zero-order chi connectivity index (χ0) is 32.5. The van der Waals surface area contributed by atoms with E-state index in [1.165, 1.54) is 61.7 Å². The molecule has 5 atom stereocenters. The average Bonchev–Trinajstić information content (AvgIpc) is 3.54. The molecule has 4 unspecified atom stereocenters. The predicted octanol–water partition coefficient (Wildman–Crippen LogP) is 11.7. The Morgan fingerprint density at radius 2 is 1.54 bits per heavy atom. The summed E-state index contributed by atoms with van der Waals surface area (Å²) in [4.78, 5) is 0. The number of rotatable bonds is 5. The SMILES string of the molecule is CC(C)c1cc(-c2ccccc2)cc(C(C)C)c1-c1c2c(n(C)c1[C@@H]1C(C)C=CC3C4=C(CC(C(C)(C)C)C=C4)OC31)C=CCC2. The zero-order valence-electron chi connectivity index (χ0n) is 29.5. The van der Waals surface area contributed by atoms with Crippen LogP contribution < -0.4 is 0 Å². The second kappa shape index (κ2) is 11.6. The van der Waals surface area contributed by atoms with Gasteiger partial charge in [-0.2, -0.15) is 0 Å². The van der Waals surface area contributed by atoms with Crippen LogP contribution in [-0.4, -0.2) is 10.7 Å². The van der Waals surface area contributed by atoms with Crippen molar-refractivity contribution >= 4 is 6.08 Å². The van der Waals surface area contributed by atoms with Gasteiger partial charge < -0.3 is 9.30 Å². The van der Waals surface area contributed by atoms with E-state index in [-0.39, 0.29) is 17.4 Å². The van der Waals surface area contributed by atoms with Gasteiger partial charge in [-0.1, -0.05) is 128 Å². The molecule has 7 rings (SSSR count). The molecule has 240 valence electrons. The van der Waals surface area contributed by atoms with E-state index in [4.69, 9.17) is 4.74 Å². The van der Waals surface area contributed by atoms with Gasteiger partial charge in [0.15, 0.2) is 0 Å². The largest absolute Gasteiger partial charge is 0.493 e. The van der Waals surface area contributed by atoms with Gasteiger partial charge in [-0.25, -0.2) is 0 Å². The summed E-state index contributed by atoms with van der Waals surface area (Å²) in [6, 6.07) is 15.9. The summed E-state index contributed by atoms with van der Waals surface area (Å²) in [6.45, 7) is 19.0. The van der Waals surface area contributed by atoms with Crippen molar-refractivity contribution in [1.82, 2.24) is 4.57 Å². The molecule has 4 aliphatic rings. The Morgan fingerprint density at radius 1 is 0.848 bits per heavy atom. The molecule has 0 saturated carbocycles. The van der Waals surface area contributed by atoms with E-state index in [1.807, 2.05) is 0 Å². The second-order valence-corrected chi connectivity index (χ2v) is 16.1. The Kier molecular flexibility index (Phi) is 7.86. The van der Waals surface area contributed by atoms with Crippen LogP contribution in [-0.2, 0) is 18.2 Å². The van der Waals surface area contributed by atoms with Crippen molar-refractivity contribution in [3.05, 3.63) is 112 Å². The van der Waals surface area contributed by atoms with E-state index < -0.39 is 0 Å². The standard InChI is InChI=1S/C44H53NO/c1-26(2)35-23-30(29-15-11-10-12-16-29)24-36(27(3)4)40(35)41-34-17-13-14-18-37(34)45(9)42(41)39-28(5)19-21-33-32-22-20-31(44(6,7)8)25-38(32)46-43(33)39/h10-12,14-16,18-24,26-28,31,33,39,43H,13,17,25H2,1-9H3/t28?,31?,33?,39-,43?/m0/s1. The number of nitrogens with zero attached hydrogens (tertiary/aromatic N) is 1. The molecular weight excluding hydrogens is 558 g/mol. The molecule has 0 saturated heterocycles. The minimum Gasteiger partial charge on any atom is -0.493 e. The molecule has 2 heteroatoms. The first-order valence-electron chi connectivity index (χ1n) is 17.8. The summed E-state index contributed by atoms with van der Waals surface area (Å²) in [5, 5.41) is 0. The van der Waals surface area contributed by atoms with Gasteiger partial charge in [0.1, 0.15) is 11.9 Å². The van der Waals surface area contributed by atoms with Gasteiger partial charge in [0, 0.05) is 47.8 Å². The van der Waals surface area contributed by atoms with Gasteiger partial charge in [0.05, 0.1) is 0 Å². The third kappa shape index (κ3) is 5.08. The summed E-state index contributed by atoms with van der Waals surface area (Å²) in [6.07, 6.45) is 17.9. The number of fused-ring (bicyclic) bond motifs is 3. The van der Waals surface area contributed by atoms with Crippen molar-refractivity contribution in [3.8, 4) is 22.3 Å². The first-order chi connectivity index (χ1) is 22.0. The van der Waals surface area contributed by atoms with Crippen LogP contribution in [0.5, 0.6) is 0 Å². The van der Waals surface area contributed by atoms with Crippen LogP contribution in [0, 0.1) is 23.2 Å². The third-order valence-electron chi connectivity index (χ3n) is 11.4. The molecule has 0 bridgehead atoms. The topological polar surface area (TPSA) is 14.2 Å². The Morgan fingerprint density at radius 3 is 2.20 bits per heavy atom. The van der Waals surface area contributed by atoms with Crippen molar-refractivity contribution in [2.45, 2.75) is 98.5 Å². The van der Waals surface area contributed by atoms with Crippen LogP contribution in [0.4, 0.5) is 0 Å². The van der Waals surface area contributed by atoms with E-state index in [1.54, 1.807) is 0 Å². The fraction of sp³-hybridized carbons (Fsp3) is 0.455. The van der Waals surface area contributed by atoms with Crippen LogP contribution in [0.2, 0.25) is 0 Å². The maximum atomic E-state index is 7.19. The average molecular weight is 612 g/mol. The van der Waals surface area contributed by atoms with Gasteiger partial charge in [-0.05, 0) is 81.4 Å². The maximum Gasteiger partial charge on any atom is 0.117 e. The molecule has 3 aliphatic carbocycles. The van der Waals surface area contributed by atoms with E-state index >= 15 is 0 Å². The first kappa shape index (κ1) is 31.1. The highest BCUT2D eigenvalue weighted by atomic mass is 16.5. The number of hydrogen-bond acceptors (Lipinski definition) is 1. The van der Waals surface area contributed by atoms with Gasteiger partial charge in [-0.15, -0.1) is 0 Å². The lowest BCUT2D eigenvalue weighted by Crippen LogP contribution is -2.34. The predicted molar refractivity (Wildman–Crippen MR) is 195 cm³/mol. The molecule has 1 aromatic heterocycles. The Bertz CT molecular complexity index is 1740. The van der Waals surface area contributed by atoms with E-state index in [0.717, 1.165) is 19.3 Å². The van der Waals surface area contributed by atoms with Crippen LogP contribution >= 0.6 is 0 Å². The van der Waals surface area contributed by atoms with E-state index in [0.29, 0.717) is 29.6 Å². The number of benzene rings is 2. The molecule has 3 aromatic rings. The van der Waals surface area contributed by atoms with Crippen LogP contribution in [0.15, 0.2) is 84.2 Å². The molecule has 1 aliphatic heterocycles. The number of aromatic nitrogens is 1. The highest BCUT2D eigenvalue weighted by molar-refractivity contribution is 5.85. The highest BCUT2D eigenvalue weighted by Gasteiger charge is 2.48. The molecule has 0 amide bonds. The van der Waals surface area contributed by atoms with Crippen LogP contribution in [0.3, 0.4) is 0 Å². The lowest BCUT2D eigenvalue weighted by molar-refractivity contribution is 0.0677. The number of allylic oxidation sites excluding steroid dienone is 5. The summed E-state index contributed by atoms with van der Waals surface area (Å²) >= 11 is 0. The van der Waals surface area contributed by atoms with Gasteiger partial charge in [0.2, 0.25) is 0 Å². The summed E-state index contributed by atoms with van der Waals surface area (Å²) < 4.78 is 9.75. The van der Waals surface area contributed by atoms with E-state index in [9.17, 15) is 0 Å². The summed E-state index contributed by atoms with van der Waals surface area (Å²) in [7, 11) is 2.33. The Hall–Kier alpha value is -3.52. The Labute approximate surface area is 278 Å². The minimum atomic E-state index is 0.111. The molecule has 0 spiro atoms. The Balaban J connectivity index is 1.43. The van der Waals surface area contributed by atoms with Gasteiger partial charge in [-0.3, -0.25) is 0 Å². The quantitative estimate of drug-likeness (QED) is 0.262. The van der Waals surface area contributed by atoms with Crippen molar-refractivity contribution in [2.75, 3.05) is 0 Å². The molecule has 0 N–H and O–H groups in total. The molecule has 2 heterocycles. The normalized spacial score (nSPS) is 25.2. The number of ether oxygens (including phenoxy) is 1. The molecule has 0 fully saturated rings. The molecular formula is C44H53NO. The second-order valence-electron chi connectivity index (χ2n) is 16.1. The van der Waals surface area contributed by atoms with Crippen molar-refractivity contribution < 1.29 is 4.74 Å². The lowest BCUT2D eigenvalue weighted by Gasteiger charge is -2.36. The molecule has 2 nitrogen and oxygen atoms in total. The minimum absolute atomic E-state index is 0.111. The molecule has 46 heavy (non-hydrogen) atoms. The fourth-order valence-corrected chi connectivity index (χ4v) is 8.77. The third-order valence-corrected chi connectivity index (χ3v) is 11.4. The highest BCUT2D eigenvalue weighted by Crippen LogP contribution is 2.55. The summed E-state index contributed by atoms with van der Waals surface area (Å²) in [5.41, 5.74) is 14.5. The van der Waals surface area contributed by atoms with Gasteiger partial charge >= 0.3 is 0 Å². The molecule has 0 radical (unpaired) electrons. The first-order valence-corrected chi connectivity index (χ1v) is 17.8. The lowest BCUT2D eigenvalue weighted by atomic mass is 9.70. The van der Waals surface area contributed by atoms with Crippen molar-refractivity contribution in [2.24, 2.45) is 30.2 Å². The maximum absolute atomic E-state index is 7.19. The van der Waals surface area contributed by atoms with Crippen LogP contribution in [0.25, 0.3) is 28.3 Å². The monoisotopic (exact) mass is 611 g/mol. The van der Waals surface area contributed by atoms with Gasteiger partial charge in [0.25, 0.3) is 0 Å². The summed E-state index contributed by atoms with van der Waals surface area (Å²) in [5.74, 6) is 3.46. The number of hydrogen-bond donors (Lipinski definition) is 0. The zero-order valence-corrected chi connectivity index (χ0v) is 29.5. The molecule has 2 aromatic carbocycles. The van der Waals surface area contributed by atoms with E-state index in [2.05, 4.69) is 146 Å².